The smallest absolute Gasteiger partial charge is 0.251 e. The molecule has 1 amide bonds. The van der Waals surface area contributed by atoms with Gasteiger partial charge in [-0.2, -0.15) is 5.10 Å². The van der Waals surface area contributed by atoms with Crippen LogP contribution in [0.5, 0.6) is 5.88 Å². The molecule has 21 heavy (non-hydrogen) atoms. The quantitative estimate of drug-likeness (QED) is 0.797. The zero-order valence-corrected chi connectivity index (χ0v) is 13.0. The van der Waals surface area contributed by atoms with Gasteiger partial charge in [-0.05, 0) is 38.5 Å². The van der Waals surface area contributed by atoms with Crippen LogP contribution in [0.3, 0.4) is 0 Å². The molecule has 0 bridgehead atoms. The first-order valence-electron chi connectivity index (χ1n) is 7.62. The first kappa shape index (κ1) is 15.4. The summed E-state index contributed by atoms with van der Waals surface area (Å²) in [5, 5.41) is 8.37. The molecule has 0 fully saturated rings. The molecule has 0 radical (unpaired) electrons. The summed E-state index contributed by atoms with van der Waals surface area (Å²) in [5.74, 6) is 0.724. The van der Waals surface area contributed by atoms with Crippen molar-refractivity contribution in [3.8, 4) is 5.88 Å². The van der Waals surface area contributed by atoms with Gasteiger partial charge < -0.3 is 10.1 Å². The predicted octanol–water partition coefficient (Wildman–Crippen LogP) is 2.98. The second-order valence-corrected chi connectivity index (χ2v) is 4.90. The van der Waals surface area contributed by atoms with E-state index >= 15 is 0 Å². The molecule has 2 rings (SSSR count). The molecular weight excluding hydrogens is 266 g/mol. The van der Waals surface area contributed by atoms with E-state index in [1.54, 1.807) is 0 Å². The Labute approximate surface area is 125 Å². The molecule has 0 aliphatic carbocycles. The lowest BCUT2D eigenvalue weighted by atomic mass is 10.1. The molecule has 0 aliphatic heterocycles. The summed E-state index contributed by atoms with van der Waals surface area (Å²) in [5.41, 5.74) is 1.44. The van der Waals surface area contributed by atoms with Crippen LogP contribution in [0, 0.1) is 0 Å². The minimum absolute atomic E-state index is 0.0469. The molecule has 1 aromatic heterocycles. The number of rotatable bonds is 7. The summed E-state index contributed by atoms with van der Waals surface area (Å²) in [4.78, 5) is 12.1. The Hall–Kier alpha value is -2.04. The molecular formula is C16H23N3O2. The highest BCUT2D eigenvalue weighted by Gasteiger charge is 2.13. The number of aryl methyl sites for hydroxylation is 1. The molecule has 114 valence electrons. The fourth-order valence-corrected chi connectivity index (χ4v) is 2.24. The third-order valence-corrected chi connectivity index (χ3v) is 3.35. The van der Waals surface area contributed by atoms with Gasteiger partial charge in [-0.3, -0.25) is 4.79 Å². The maximum absolute atomic E-state index is 12.1. The van der Waals surface area contributed by atoms with Gasteiger partial charge in [0.25, 0.3) is 5.91 Å². The largest absolute Gasteiger partial charge is 0.478 e. The van der Waals surface area contributed by atoms with Gasteiger partial charge in [0.2, 0.25) is 5.88 Å². The van der Waals surface area contributed by atoms with Crippen molar-refractivity contribution < 1.29 is 9.53 Å². The van der Waals surface area contributed by atoms with E-state index in [0.29, 0.717) is 18.7 Å². The number of benzene rings is 1. The monoisotopic (exact) mass is 289 g/mol. The van der Waals surface area contributed by atoms with Crippen LogP contribution in [0.15, 0.2) is 18.2 Å². The standard InChI is InChI=1S/C16H23N3O2/c1-4-7-10-17-15(20)12-8-9-13-14(11-12)18-19(5-2)16(13)21-6-3/h8-9,11H,4-7,10H2,1-3H3,(H,17,20). The minimum Gasteiger partial charge on any atom is -0.478 e. The van der Waals surface area contributed by atoms with E-state index in [0.717, 1.165) is 36.2 Å². The van der Waals surface area contributed by atoms with Crippen LogP contribution in [0.25, 0.3) is 10.9 Å². The summed E-state index contributed by atoms with van der Waals surface area (Å²) < 4.78 is 7.49. The fraction of sp³-hybridized carbons (Fsp3) is 0.500. The molecule has 0 aliphatic rings. The Morgan fingerprint density at radius 2 is 2.14 bits per heavy atom. The van der Waals surface area contributed by atoms with Gasteiger partial charge in [-0.15, -0.1) is 0 Å². The third-order valence-electron chi connectivity index (χ3n) is 3.35. The third kappa shape index (κ3) is 3.35. The van der Waals surface area contributed by atoms with Crippen LogP contribution < -0.4 is 10.1 Å². The van der Waals surface area contributed by atoms with Crippen LogP contribution in [0.1, 0.15) is 44.0 Å². The molecule has 1 heterocycles. The topological polar surface area (TPSA) is 56.1 Å². The Morgan fingerprint density at radius 3 is 2.81 bits per heavy atom. The molecule has 0 atom stereocenters. The lowest BCUT2D eigenvalue weighted by Crippen LogP contribution is -2.24. The Balaban J connectivity index is 2.27. The second-order valence-electron chi connectivity index (χ2n) is 4.90. The Morgan fingerprint density at radius 1 is 1.33 bits per heavy atom. The van der Waals surface area contributed by atoms with Gasteiger partial charge in [-0.1, -0.05) is 13.3 Å². The number of nitrogens with one attached hydrogen (secondary N) is 1. The van der Waals surface area contributed by atoms with Gasteiger partial charge in [0.1, 0.15) is 0 Å². The van der Waals surface area contributed by atoms with Crippen LogP contribution in [-0.4, -0.2) is 28.8 Å². The van der Waals surface area contributed by atoms with E-state index in [1.165, 1.54) is 0 Å². The lowest BCUT2D eigenvalue weighted by molar-refractivity contribution is 0.0953. The van der Waals surface area contributed by atoms with Crippen molar-refractivity contribution in [3.05, 3.63) is 23.8 Å². The van der Waals surface area contributed by atoms with Crippen LogP contribution in [0.4, 0.5) is 0 Å². The number of fused-ring (bicyclic) bond motifs is 1. The van der Waals surface area contributed by atoms with E-state index in [9.17, 15) is 4.79 Å². The van der Waals surface area contributed by atoms with Crippen molar-refractivity contribution in [1.82, 2.24) is 15.1 Å². The van der Waals surface area contributed by atoms with E-state index in [4.69, 9.17) is 4.74 Å². The summed E-state index contributed by atoms with van der Waals surface area (Å²) in [6.07, 6.45) is 2.06. The molecule has 1 aromatic carbocycles. The number of ether oxygens (including phenoxy) is 1. The highest BCUT2D eigenvalue weighted by molar-refractivity contribution is 5.98. The van der Waals surface area contributed by atoms with Crippen molar-refractivity contribution in [1.29, 1.82) is 0 Å². The van der Waals surface area contributed by atoms with E-state index in [1.807, 2.05) is 36.7 Å². The highest BCUT2D eigenvalue weighted by Crippen LogP contribution is 2.26. The normalized spacial score (nSPS) is 10.8. The molecule has 0 saturated heterocycles. The summed E-state index contributed by atoms with van der Waals surface area (Å²) in [7, 11) is 0. The molecule has 0 unspecified atom stereocenters. The Bertz CT molecular complexity index is 619. The maximum atomic E-state index is 12.1. The average Bonchev–Trinajstić information content (AvgIpc) is 2.85. The number of unbranched alkanes of at least 4 members (excludes halogenated alkanes) is 1. The van der Waals surface area contributed by atoms with Crippen molar-refractivity contribution >= 4 is 16.8 Å². The zero-order valence-electron chi connectivity index (χ0n) is 13.0. The lowest BCUT2D eigenvalue weighted by Gasteiger charge is -2.05. The van der Waals surface area contributed by atoms with Gasteiger partial charge in [-0.25, -0.2) is 4.68 Å². The number of carbonyl (C=O) groups excluding carboxylic acids is 1. The predicted molar refractivity (Wildman–Crippen MR) is 83.8 cm³/mol. The number of hydrogen-bond acceptors (Lipinski definition) is 3. The second kappa shape index (κ2) is 7.11. The number of carbonyl (C=O) groups is 1. The van der Waals surface area contributed by atoms with Crippen molar-refractivity contribution in [2.24, 2.45) is 0 Å². The van der Waals surface area contributed by atoms with Crippen LogP contribution in [0.2, 0.25) is 0 Å². The van der Waals surface area contributed by atoms with Crippen LogP contribution >= 0.6 is 0 Å². The molecule has 2 aromatic rings. The van der Waals surface area contributed by atoms with Crippen molar-refractivity contribution in [2.75, 3.05) is 13.2 Å². The molecule has 0 saturated carbocycles. The van der Waals surface area contributed by atoms with Gasteiger partial charge in [0.05, 0.1) is 17.5 Å². The highest BCUT2D eigenvalue weighted by atomic mass is 16.5. The van der Waals surface area contributed by atoms with Crippen molar-refractivity contribution in [3.63, 3.8) is 0 Å². The molecule has 5 heteroatoms. The minimum atomic E-state index is -0.0469. The van der Waals surface area contributed by atoms with E-state index in [2.05, 4.69) is 17.3 Å². The van der Waals surface area contributed by atoms with Gasteiger partial charge in [0, 0.05) is 18.7 Å². The van der Waals surface area contributed by atoms with Crippen molar-refractivity contribution in [2.45, 2.75) is 40.2 Å². The summed E-state index contributed by atoms with van der Waals surface area (Å²) in [6, 6.07) is 5.56. The first-order chi connectivity index (χ1) is 10.2. The van der Waals surface area contributed by atoms with Crippen LogP contribution in [-0.2, 0) is 6.54 Å². The summed E-state index contributed by atoms with van der Waals surface area (Å²) in [6.45, 7) is 8.12. The number of amides is 1. The Kier molecular flexibility index (Phi) is 5.20. The number of hydrogen-bond donors (Lipinski definition) is 1. The van der Waals surface area contributed by atoms with Gasteiger partial charge in [0.15, 0.2) is 0 Å². The molecule has 5 nitrogen and oxygen atoms in total. The van der Waals surface area contributed by atoms with E-state index < -0.39 is 0 Å². The van der Waals surface area contributed by atoms with E-state index in [-0.39, 0.29) is 5.91 Å². The SMILES string of the molecule is CCCCNC(=O)c1ccc2c(OCC)n(CC)nc2c1. The molecule has 1 N–H and O–H groups in total. The first-order valence-corrected chi connectivity index (χ1v) is 7.62. The maximum Gasteiger partial charge on any atom is 0.251 e. The average molecular weight is 289 g/mol. The molecule has 0 spiro atoms. The zero-order chi connectivity index (χ0) is 15.2. The number of nitrogens with zero attached hydrogens (tertiary/aromatic N) is 2. The fourth-order valence-electron chi connectivity index (χ4n) is 2.24. The number of aromatic nitrogens is 2. The van der Waals surface area contributed by atoms with Gasteiger partial charge >= 0.3 is 0 Å². The summed E-state index contributed by atoms with van der Waals surface area (Å²) >= 11 is 0.